The molecule has 0 saturated heterocycles. The molecule has 0 N–H and O–H groups in total. The van der Waals surface area contributed by atoms with E-state index in [1.54, 1.807) is 0 Å². The first-order valence-electron chi connectivity index (χ1n) is 7.83. The fourth-order valence-electron chi connectivity index (χ4n) is 1.97. The summed E-state index contributed by atoms with van der Waals surface area (Å²) in [6.45, 7) is 2.88. The van der Waals surface area contributed by atoms with Gasteiger partial charge in [-0.15, -0.1) is 0 Å². The first-order valence-corrected chi connectivity index (χ1v) is 7.83. The van der Waals surface area contributed by atoms with Crippen LogP contribution in [0.2, 0.25) is 0 Å². The van der Waals surface area contributed by atoms with E-state index in [1.807, 2.05) is 6.92 Å². The summed E-state index contributed by atoms with van der Waals surface area (Å²) in [5.74, 6) is -0.927. The van der Waals surface area contributed by atoms with Crippen LogP contribution in [0.15, 0.2) is 48.5 Å². The standard InChI is InChI=1S/C18H17NO7/c1-2-24-11-12-25-17(20)13-5-9-16(10-6-13)26-18(21)14-3-7-15(8-4-14)19(22)23/h3-10H,2,11-12H2,1H3. The number of esters is 2. The van der Waals surface area contributed by atoms with Gasteiger partial charge in [-0.1, -0.05) is 0 Å². The number of nitro groups is 1. The van der Waals surface area contributed by atoms with Crippen LogP contribution in [0.5, 0.6) is 5.75 Å². The Balaban J connectivity index is 1.92. The summed E-state index contributed by atoms with van der Waals surface area (Å²) in [5, 5.41) is 10.6. The van der Waals surface area contributed by atoms with Crippen LogP contribution < -0.4 is 4.74 Å². The van der Waals surface area contributed by atoms with E-state index >= 15 is 0 Å². The molecule has 2 aromatic carbocycles. The lowest BCUT2D eigenvalue weighted by Gasteiger charge is -2.07. The topological polar surface area (TPSA) is 105 Å². The van der Waals surface area contributed by atoms with Crippen molar-refractivity contribution in [1.29, 1.82) is 0 Å². The number of nitrogens with zero attached hydrogens (tertiary/aromatic N) is 1. The van der Waals surface area contributed by atoms with Crippen LogP contribution in [0.1, 0.15) is 27.6 Å². The Kier molecular flexibility index (Phi) is 6.81. The van der Waals surface area contributed by atoms with Crippen LogP contribution in [-0.4, -0.2) is 36.7 Å². The Morgan fingerprint density at radius 1 is 0.923 bits per heavy atom. The van der Waals surface area contributed by atoms with Crippen molar-refractivity contribution in [2.24, 2.45) is 0 Å². The summed E-state index contributed by atoms with van der Waals surface area (Å²) in [6.07, 6.45) is 0. The van der Waals surface area contributed by atoms with Gasteiger partial charge in [0.1, 0.15) is 12.4 Å². The maximum atomic E-state index is 12.0. The van der Waals surface area contributed by atoms with E-state index in [-0.39, 0.29) is 23.6 Å². The van der Waals surface area contributed by atoms with Crippen LogP contribution in [-0.2, 0) is 9.47 Å². The second-order valence-corrected chi connectivity index (χ2v) is 5.05. The lowest BCUT2D eigenvalue weighted by atomic mass is 10.2. The molecular weight excluding hydrogens is 342 g/mol. The molecular formula is C18H17NO7. The minimum atomic E-state index is -0.660. The number of ether oxygens (including phenoxy) is 3. The fourth-order valence-corrected chi connectivity index (χ4v) is 1.97. The number of hydrogen-bond acceptors (Lipinski definition) is 7. The monoisotopic (exact) mass is 359 g/mol. The molecule has 0 bridgehead atoms. The molecule has 136 valence electrons. The molecule has 0 heterocycles. The molecule has 0 atom stereocenters. The maximum absolute atomic E-state index is 12.0. The Morgan fingerprint density at radius 2 is 1.50 bits per heavy atom. The predicted octanol–water partition coefficient (Wildman–Crippen LogP) is 3.01. The Morgan fingerprint density at radius 3 is 2.08 bits per heavy atom. The average molecular weight is 359 g/mol. The molecule has 0 saturated carbocycles. The molecule has 8 heteroatoms. The van der Waals surface area contributed by atoms with Gasteiger partial charge in [0.05, 0.1) is 22.7 Å². The van der Waals surface area contributed by atoms with Gasteiger partial charge in [-0.25, -0.2) is 9.59 Å². The smallest absolute Gasteiger partial charge is 0.343 e. The first kappa shape index (κ1) is 19.1. The van der Waals surface area contributed by atoms with Gasteiger partial charge in [0.25, 0.3) is 5.69 Å². The van der Waals surface area contributed by atoms with Gasteiger partial charge in [-0.05, 0) is 43.3 Å². The van der Waals surface area contributed by atoms with Gasteiger partial charge in [-0.2, -0.15) is 0 Å². The van der Waals surface area contributed by atoms with Crippen molar-refractivity contribution >= 4 is 17.6 Å². The third-order valence-electron chi connectivity index (χ3n) is 3.28. The SMILES string of the molecule is CCOCCOC(=O)c1ccc(OC(=O)c2ccc([N+](=O)[O-])cc2)cc1. The number of rotatable bonds is 8. The molecule has 0 aliphatic carbocycles. The van der Waals surface area contributed by atoms with Gasteiger partial charge in [0.2, 0.25) is 0 Å². The second kappa shape index (κ2) is 9.28. The Labute approximate surface area is 149 Å². The van der Waals surface area contributed by atoms with Crippen molar-refractivity contribution in [2.45, 2.75) is 6.92 Å². The number of carbonyl (C=O) groups is 2. The number of carbonyl (C=O) groups excluding carboxylic acids is 2. The van der Waals surface area contributed by atoms with Crippen molar-refractivity contribution in [3.05, 3.63) is 69.8 Å². The molecule has 0 aromatic heterocycles. The zero-order chi connectivity index (χ0) is 18.9. The van der Waals surface area contributed by atoms with Crippen LogP contribution >= 0.6 is 0 Å². The molecule has 0 radical (unpaired) electrons. The molecule has 0 spiro atoms. The summed E-state index contributed by atoms with van der Waals surface area (Å²) in [5.41, 5.74) is 0.375. The van der Waals surface area contributed by atoms with Crippen molar-refractivity contribution in [3.8, 4) is 5.75 Å². The van der Waals surface area contributed by atoms with Gasteiger partial charge in [0.15, 0.2) is 0 Å². The molecule has 2 aromatic rings. The van der Waals surface area contributed by atoms with E-state index in [0.717, 1.165) is 0 Å². The van der Waals surface area contributed by atoms with Crippen LogP contribution in [0.25, 0.3) is 0 Å². The van der Waals surface area contributed by atoms with Crippen molar-refractivity contribution in [2.75, 3.05) is 19.8 Å². The number of nitro benzene ring substituents is 1. The molecule has 0 aliphatic heterocycles. The summed E-state index contributed by atoms with van der Waals surface area (Å²) in [7, 11) is 0. The van der Waals surface area contributed by atoms with Crippen LogP contribution in [0.4, 0.5) is 5.69 Å². The number of benzene rings is 2. The van der Waals surface area contributed by atoms with Gasteiger partial charge in [-0.3, -0.25) is 10.1 Å². The predicted molar refractivity (Wildman–Crippen MR) is 91.3 cm³/mol. The third kappa shape index (κ3) is 5.38. The molecule has 0 aliphatic rings. The number of hydrogen-bond donors (Lipinski definition) is 0. The van der Waals surface area contributed by atoms with Crippen LogP contribution in [0, 0.1) is 10.1 Å². The molecule has 2 rings (SSSR count). The van der Waals surface area contributed by atoms with E-state index in [1.165, 1.54) is 48.5 Å². The Bertz CT molecular complexity index is 769. The zero-order valence-corrected chi connectivity index (χ0v) is 14.0. The van der Waals surface area contributed by atoms with Crippen molar-refractivity contribution in [1.82, 2.24) is 0 Å². The lowest BCUT2D eigenvalue weighted by Crippen LogP contribution is -2.11. The summed E-state index contributed by atoms with van der Waals surface area (Å²) < 4.78 is 15.3. The van der Waals surface area contributed by atoms with Crippen LogP contribution in [0.3, 0.4) is 0 Å². The first-order chi connectivity index (χ1) is 12.5. The molecule has 0 amide bonds. The van der Waals surface area contributed by atoms with E-state index in [4.69, 9.17) is 14.2 Å². The molecule has 26 heavy (non-hydrogen) atoms. The normalized spacial score (nSPS) is 10.2. The average Bonchev–Trinajstić information content (AvgIpc) is 2.65. The minimum Gasteiger partial charge on any atom is -0.460 e. The van der Waals surface area contributed by atoms with Gasteiger partial charge >= 0.3 is 11.9 Å². The lowest BCUT2D eigenvalue weighted by molar-refractivity contribution is -0.384. The highest BCUT2D eigenvalue weighted by atomic mass is 16.6. The minimum absolute atomic E-state index is 0.117. The van der Waals surface area contributed by atoms with Crippen molar-refractivity contribution in [3.63, 3.8) is 0 Å². The largest absolute Gasteiger partial charge is 0.460 e. The van der Waals surface area contributed by atoms with Crippen molar-refractivity contribution < 1.29 is 28.7 Å². The maximum Gasteiger partial charge on any atom is 0.343 e. The highest BCUT2D eigenvalue weighted by Crippen LogP contribution is 2.17. The van der Waals surface area contributed by atoms with E-state index in [9.17, 15) is 19.7 Å². The van der Waals surface area contributed by atoms with E-state index in [2.05, 4.69) is 0 Å². The van der Waals surface area contributed by atoms with E-state index in [0.29, 0.717) is 18.8 Å². The highest BCUT2D eigenvalue weighted by molar-refractivity contribution is 5.92. The van der Waals surface area contributed by atoms with Gasteiger partial charge in [0, 0.05) is 18.7 Å². The fraction of sp³-hybridized carbons (Fsp3) is 0.222. The molecule has 0 unspecified atom stereocenters. The molecule has 0 fully saturated rings. The molecule has 8 nitrogen and oxygen atoms in total. The zero-order valence-electron chi connectivity index (χ0n) is 14.0. The third-order valence-corrected chi connectivity index (χ3v) is 3.28. The second-order valence-electron chi connectivity index (χ2n) is 5.05. The quantitative estimate of drug-likeness (QED) is 0.234. The Hall–Kier alpha value is -3.26. The van der Waals surface area contributed by atoms with Gasteiger partial charge < -0.3 is 14.2 Å². The highest BCUT2D eigenvalue weighted by Gasteiger charge is 2.12. The summed E-state index contributed by atoms with van der Waals surface area (Å²) >= 11 is 0. The summed E-state index contributed by atoms with van der Waals surface area (Å²) in [6, 6.07) is 10.9. The summed E-state index contributed by atoms with van der Waals surface area (Å²) in [4.78, 5) is 33.9. The van der Waals surface area contributed by atoms with E-state index < -0.39 is 16.9 Å². The number of non-ortho nitro benzene ring substituents is 1.